The molecule has 4 aromatic rings. The van der Waals surface area contributed by atoms with Crippen LogP contribution in [0.4, 0.5) is 24.5 Å². The summed E-state index contributed by atoms with van der Waals surface area (Å²) >= 11 is 0. The summed E-state index contributed by atoms with van der Waals surface area (Å²) in [6, 6.07) is 11.1. The lowest BCUT2D eigenvalue weighted by Crippen LogP contribution is -2.10. The van der Waals surface area contributed by atoms with Gasteiger partial charge in [-0.05, 0) is 31.2 Å². The average molecular weight is 430 g/mol. The number of fused-ring (bicyclic) bond motifs is 1. The number of oxazole rings is 1. The number of ether oxygens (including phenoxy) is 1. The Hall–Kier alpha value is -3.49. The second kappa shape index (κ2) is 7.98. The van der Waals surface area contributed by atoms with Gasteiger partial charge >= 0.3 is 6.18 Å². The van der Waals surface area contributed by atoms with Crippen LogP contribution in [0.3, 0.4) is 0 Å². The number of halogens is 3. The summed E-state index contributed by atoms with van der Waals surface area (Å²) in [4.78, 5) is 8.58. The third-order valence-corrected chi connectivity index (χ3v) is 5.11. The first-order valence-corrected chi connectivity index (χ1v) is 9.63. The predicted molar refractivity (Wildman–Crippen MR) is 112 cm³/mol. The maximum atomic E-state index is 12.7. The van der Waals surface area contributed by atoms with Gasteiger partial charge in [0.15, 0.2) is 12.2 Å². The molecule has 2 heterocycles. The lowest BCUT2D eigenvalue weighted by molar-refractivity contribution is -0.134. The molecular formula is C22H21F3N4O2. The first-order chi connectivity index (χ1) is 14.8. The lowest BCUT2D eigenvalue weighted by Gasteiger charge is -2.12. The molecule has 0 aliphatic heterocycles. The minimum atomic E-state index is -4.22. The van der Waals surface area contributed by atoms with Gasteiger partial charge in [-0.2, -0.15) is 13.2 Å². The van der Waals surface area contributed by atoms with Crippen molar-refractivity contribution in [3.8, 4) is 17.1 Å². The molecule has 9 heteroatoms. The molecule has 2 aromatic carbocycles. The second-order valence-electron chi connectivity index (χ2n) is 7.18. The molecular weight excluding hydrogens is 409 g/mol. The monoisotopic (exact) mass is 430 g/mol. The smallest absolute Gasteiger partial charge is 0.389 e. The molecule has 0 bridgehead atoms. The molecule has 0 amide bonds. The van der Waals surface area contributed by atoms with E-state index < -0.39 is 12.6 Å². The molecule has 4 rings (SSSR count). The summed E-state index contributed by atoms with van der Waals surface area (Å²) in [5.74, 6) is 1.61. The van der Waals surface area contributed by atoms with Gasteiger partial charge in [-0.15, -0.1) is 0 Å². The zero-order valence-electron chi connectivity index (χ0n) is 17.2. The van der Waals surface area contributed by atoms with E-state index in [-0.39, 0.29) is 6.42 Å². The fraction of sp³-hybridized carbons (Fsp3) is 0.273. The molecule has 31 heavy (non-hydrogen) atoms. The zero-order chi connectivity index (χ0) is 22.2. The van der Waals surface area contributed by atoms with Gasteiger partial charge in [-0.25, -0.2) is 9.97 Å². The van der Waals surface area contributed by atoms with Crippen molar-refractivity contribution in [2.24, 2.45) is 7.05 Å². The minimum Gasteiger partial charge on any atom is -0.496 e. The van der Waals surface area contributed by atoms with Crippen molar-refractivity contribution in [1.82, 2.24) is 14.5 Å². The third-order valence-electron chi connectivity index (χ3n) is 5.11. The van der Waals surface area contributed by atoms with Gasteiger partial charge in [0.2, 0.25) is 0 Å². The summed E-state index contributed by atoms with van der Waals surface area (Å²) in [6.45, 7) is 1.85. The quantitative estimate of drug-likeness (QED) is 0.420. The van der Waals surface area contributed by atoms with Crippen LogP contribution in [0.5, 0.6) is 5.75 Å². The van der Waals surface area contributed by atoms with E-state index in [0.717, 1.165) is 22.5 Å². The lowest BCUT2D eigenvalue weighted by atomic mass is 10.1. The van der Waals surface area contributed by atoms with E-state index in [1.807, 2.05) is 43.3 Å². The van der Waals surface area contributed by atoms with Crippen LogP contribution < -0.4 is 10.1 Å². The number of aromatic nitrogens is 3. The topological polar surface area (TPSA) is 65.1 Å². The van der Waals surface area contributed by atoms with Gasteiger partial charge < -0.3 is 19.0 Å². The summed E-state index contributed by atoms with van der Waals surface area (Å²) in [5, 5.41) is 3.30. The van der Waals surface area contributed by atoms with Gasteiger partial charge in [0.05, 0.1) is 36.0 Å². The van der Waals surface area contributed by atoms with Crippen LogP contribution in [0.1, 0.15) is 17.9 Å². The molecule has 1 N–H and O–H groups in total. The van der Waals surface area contributed by atoms with Crippen molar-refractivity contribution in [3.63, 3.8) is 0 Å². The molecule has 2 aromatic heterocycles. The standard InChI is InChI=1S/C22H21F3N4O2/c1-13-21(31-12-26-13)15-8-7-14(11-18(15)30-3)27-16-5-4-6-17-20(16)28-19(29(17)2)9-10-22(23,24)25/h4-8,11-12,27H,9-10H2,1-3H3. The van der Waals surface area contributed by atoms with Crippen LogP contribution in [-0.4, -0.2) is 27.8 Å². The van der Waals surface area contributed by atoms with Gasteiger partial charge in [-0.3, -0.25) is 0 Å². The highest BCUT2D eigenvalue weighted by molar-refractivity contribution is 5.91. The van der Waals surface area contributed by atoms with Crippen LogP contribution in [0.2, 0.25) is 0 Å². The number of nitrogens with zero attached hydrogens (tertiary/aromatic N) is 3. The molecule has 0 spiro atoms. The third kappa shape index (κ3) is 4.21. The Bertz CT molecular complexity index is 1230. The zero-order valence-corrected chi connectivity index (χ0v) is 17.2. The van der Waals surface area contributed by atoms with E-state index in [4.69, 9.17) is 9.15 Å². The number of nitrogens with one attached hydrogen (secondary N) is 1. The normalized spacial score (nSPS) is 11.8. The highest BCUT2D eigenvalue weighted by Gasteiger charge is 2.27. The maximum absolute atomic E-state index is 12.7. The van der Waals surface area contributed by atoms with Gasteiger partial charge in [0.1, 0.15) is 17.1 Å². The molecule has 0 aliphatic rings. The Morgan fingerprint density at radius 2 is 2.00 bits per heavy atom. The first kappa shape index (κ1) is 20.8. The Labute approximate surface area is 176 Å². The Morgan fingerprint density at radius 3 is 2.68 bits per heavy atom. The second-order valence-corrected chi connectivity index (χ2v) is 7.18. The summed E-state index contributed by atoms with van der Waals surface area (Å²) < 4.78 is 50.7. The molecule has 0 saturated heterocycles. The number of rotatable bonds is 6. The average Bonchev–Trinajstić information content (AvgIpc) is 3.30. The maximum Gasteiger partial charge on any atom is 0.389 e. The van der Waals surface area contributed by atoms with E-state index in [9.17, 15) is 13.2 Å². The summed E-state index contributed by atoms with van der Waals surface area (Å²) in [5.41, 5.74) is 4.32. The van der Waals surface area contributed by atoms with Crippen LogP contribution in [-0.2, 0) is 13.5 Å². The van der Waals surface area contributed by atoms with Crippen LogP contribution >= 0.6 is 0 Å². The molecule has 0 fully saturated rings. The van der Waals surface area contributed by atoms with E-state index in [0.29, 0.717) is 28.5 Å². The molecule has 6 nitrogen and oxygen atoms in total. The Balaban J connectivity index is 1.66. The SMILES string of the molecule is COc1cc(Nc2cccc3c2nc(CCC(F)(F)F)n3C)ccc1-c1ocnc1C. The van der Waals surface area contributed by atoms with Crippen molar-refractivity contribution in [2.45, 2.75) is 25.9 Å². The van der Waals surface area contributed by atoms with E-state index in [1.165, 1.54) is 6.39 Å². The van der Waals surface area contributed by atoms with Gasteiger partial charge in [0, 0.05) is 25.2 Å². The predicted octanol–water partition coefficient (Wildman–Crippen LogP) is 5.78. The molecule has 0 unspecified atom stereocenters. The highest BCUT2D eigenvalue weighted by atomic mass is 19.4. The summed E-state index contributed by atoms with van der Waals surface area (Å²) in [7, 11) is 3.29. The number of aryl methyl sites for hydroxylation is 3. The molecule has 0 saturated carbocycles. The van der Waals surface area contributed by atoms with Crippen LogP contribution in [0.15, 0.2) is 47.2 Å². The minimum absolute atomic E-state index is 0.173. The fourth-order valence-electron chi connectivity index (χ4n) is 3.51. The Morgan fingerprint density at radius 1 is 1.19 bits per heavy atom. The van der Waals surface area contributed by atoms with E-state index in [1.54, 1.807) is 18.7 Å². The first-order valence-electron chi connectivity index (χ1n) is 9.63. The fourth-order valence-corrected chi connectivity index (χ4v) is 3.51. The number of benzene rings is 2. The molecule has 0 aliphatic carbocycles. The summed E-state index contributed by atoms with van der Waals surface area (Å²) in [6.07, 6.45) is -3.92. The van der Waals surface area contributed by atoms with Crippen molar-refractivity contribution in [3.05, 3.63) is 54.3 Å². The van der Waals surface area contributed by atoms with E-state index in [2.05, 4.69) is 15.3 Å². The number of para-hydroxylation sites is 1. The number of alkyl halides is 3. The van der Waals surface area contributed by atoms with Crippen molar-refractivity contribution in [1.29, 1.82) is 0 Å². The molecule has 0 radical (unpaired) electrons. The van der Waals surface area contributed by atoms with Crippen molar-refractivity contribution >= 4 is 22.4 Å². The van der Waals surface area contributed by atoms with Crippen molar-refractivity contribution < 1.29 is 22.3 Å². The number of methoxy groups -OCH3 is 1. The van der Waals surface area contributed by atoms with Crippen LogP contribution in [0, 0.1) is 6.92 Å². The number of hydrogen-bond acceptors (Lipinski definition) is 5. The molecule has 162 valence electrons. The number of imidazole rings is 1. The van der Waals surface area contributed by atoms with Gasteiger partial charge in [0.25, 0.3) is 0 Å². The Kier molecular flexibility index (Phi) is 5.34. The highest BCUT2D eigenvalue weighted by Crippen LogP contribution is 2.36. The van der Waals surface area contributed by atoms with Crippen molar-refractivity contribution in [2.75, 3.05) is 12.4 Å². The number of anilines is 2. The largest absolute Gasteiger partial charge is 0.496 e. The van der Waals surface area contributed by atoms with Crippen LogP contribution in [0.25, 0.3) is 22.4 Å². The van der Waals surface area contributed by atoms with Gasteiger partial charge in [-0.1, -0.05) is 6.07 Å². The number of hydrogen-bond donors (Lipinski definition) is 1. The van der Waals surface area contributed by atoms with E-state index >= 15 is 0 Å². The molecule has 0 atom stereocenters.